The number of ether oxygens (including phenoxy) is 1. The Morgan fingerprint density at radius 1 is 1.24 bits per heavy atom. The molecule has 0 aromatic heterocycles. The van der Waals surface area contributed by atoms with Crippen LogP contribution in [-0.4, -0.2) is 43.7 Å². The molecule has 1 aromatic carbocycles. The van der Waals surface area contributed by atoms with Gasteiger partial charge in [-0.05, 0) is 17.6 Å². The van der Waals surface area contributed by atoms with Crippen molar-refractivity contribution in [1.29, 1.82) is 0 Å². The van der Waals surface area contributed by atoms with Crippen LogP contribution in [0.4, 0.5) is 0 Å². The average Bonchev–Trinajstić information content (AvgIpc) is 2.29. The van der Waals surface area contributed by atoms with Crippen molar-refractivity contribution in [2.45, 2.75) is 6.92 Å². The molecule has 0 spiro atoms. The van der Waals surface area contributed by atoms with Gasteiger partial charge < -0.3 is 14.8 Å². The molecule has 1 aromatic rings. The van der Waals surface area contributed by atoms with E-state index in [1.165, 1.54) is 12.1 Å². The highest BCUT2D eigenvalue weighted by molar-refractivity contribution is 7.91. The Morgan fingerprint density at radius 2 is 1.82 bits per heavy atom. The van der Waals surface area contributed by atoms with E-state index in [-0.39, 0.29) is 18.1 Å². The fourth-order valence-corrected chi connectivity index (χ4v) is 1.79. The number of sulfone groups is 1. The first kappa shape index (κ1) is 14.0. The van der Waals surface area contributed by atoms with Crippen LogP contribution in [0.5, 0.6) is 5.75 Å². The molecular formula is C10H15BO5S. The van der Waals surface area contributed by atoms with Crippen LogP contribution in [0.1, 0.15) is 6.92 Å². The van der Waals surface area contributed by atoms with E-state index in [9.17, 15) is 8.42 Å². The van der Waals surface area contributed by atoms with E-state index in [4.69, 9.17) is 14.8 Å². The summed E-state index contributed by atoms with van der Waals surface area (Å²) in [5.74, 6) is 0.584. The van der Waals surface area contributed by atoms with Crippen LogP contribution in [0.25, 0.3) is 0 Å². The van der Waals surface area contributed by atoms with Gasteiger partial charge in [0.15, 0.2) is 9.84 Å². The van der Waals surface area contributed by atoms with E-state index in [2.05, 4.69) is 0 Å². The lowest BCUT2D eigenvalue weighted by Gasteiger charge is -2.06. The second-order valence-corrected chi connectivity index (χ2v) is 6.00. The summed E-state index contributed by atoms with van der Waals surface area (Å²) >= 11 is 0. The van der Waals surface area contributed by atoms with Crippen molar-refractivity contribution in [3.63, 3.8) is 0 Å². The second kappa shape index (κ2) is 6.04. The van der Waals surface area contributed by atoms with E-state index in [1.807, 2.05) is 0 Å². The molecule has 0 saturated heterocycles. The molecule has 0 aliphatic rings. The summed E-state index contributed by atoms with van der Waals surface area (Å²) in [5.41, 5.74) is 0.360. The summed E-state index contributed by atoms with van der Waals surface area (Å²) in [6.45, 7) is 1.68. The molecule has 0 fully saturated rings. The standard InChI is InChI=1S/C10H15BO5S/c1-2-17(14,15)8-7-16-10-5-3-9(4-6-10)11(12)13/h3-6,12-13H,2,7-8H2,1H3. The molecular weight excluding hydrogens is 243 g/mol. The third-order valence-corrected chi connectivity index (χ3v) is 3.95. The summed E-state index contributed by atoms with van der Waals surface area (Å²) in [4.78, 5) is 0. The molecule has 0 radical (unpaired) electrons. The van der Waals surface area contributed by atoms with Gasteiger partial charge in [-0.3, -0.25) is 0 Å². The average molecular weight is 258 g/mol. The van der Waals surface area contributed by atoms with Crippen LogP contribution >= 0.6 is 0 Å². The second-order valence-electron chi connectivity index (χ2n) is 3.53. The summed E-state index contributed by atoms with van der Waals surface area (Å²) in [6.07, 6.45) is 0. The van der Waals surface area contributed by atoms with Gasteiger partial charge in [0.1, 0.15) is 12.4 Å². The summed E-state index contributed by atoms with van der Waals surface area (Å²) in [7, 11) is -4.53. The fraction of sp³-hybridized carbons (Fsp3) is 0.400. The fourth-order valence-electron chi connectivity index (χ4n) is 1.17. The monoisotopic (exact) mass is 258 g/mol. The van der Waals surface area contributed by atoms with E-state index < -0.39 is 17.0 Å². The summed E-state index contributed by atoms with van der Waals surface area (Å²) in [5, 5.41) is 17.7. The van der Waals surface area contributed by atoms with Gasteiger partial charge >= 0.3 is 7.12 Å². The number of benzene rings is 1. The van der Waals surface area contributed by atoms with Crippen LogP contribution in [0.15, 0.2) is 24.3 Å². The zero-order valence-electron chi connectivity index (χ0n) is 9.54. The largest absolute Gasteiger partial charge is 0.493 e. The SMILES string of the molecule is CCS(=O)(=O)CCOc1ccc(B(O)O)cc1. The summed E-state index contributed by atoms with van der Waals surface area (Å²) < 4.78 is 27.6. The van der Waals surface area contributed by atoms with Gasteiger partial charge in [-0.1, -0.05) is 19.1 Å². The Hall–Kier alpha value is -1.05. The maximum atomic E-state index is 11.2. The minimum absolute atomic E-state index is 0.0200. The Balaban J connectivity index is 2.48. The van der Waals surface area contributed by atoms with E-state index in [1.54, 1.807) is 19.1 Å². The van der Waals surface area contributed by atoms with Gasteiger partial charge in [-0.2, -0.15) is 0 Å². The normalized spacial score (nSPS) is 11.2. The van der Waals surface area contributed by atoms with E-state index >= 15 is 0 Å². The summed E-state index contributed by atoms with van der Waals surface area (Å²) in [6, 6.07) is 6.14. The predicted molar refractivity (Wildman–Crippen MR) is 66.1 cm³/mol. The van der Waals surface area contributed by atoms with Crippen LogP contribution in [-0.2, 0) is 9.84 Å². The van der Waals surface area contributed by atoms with Crippen molar-refractivity contribution in [2.75, 3.05) is 18.1 Å². The van der Waals surface area contributed by atoms with Crippen LogP contribution in [0.2, 0.25) is 0 Å². The highest BCUT2D eigenvalue weighted by Crippen LogP contribution is 2.07. The molecule has 5 nitrogen and oxygen atoms in total. The minimum Gasteiger partial charge on any atom is -0.493 e. The molecule has 7 heteroatoms. The molecule has 0 aliphatic carbocycles. The molecule has 0 atom stereocenters. The highest BCUT2D eigenvalue weighted by atomic mass is 32.2. The van der Waals surface area contributed by atoms with Crippen molar-refractivity contribution < 1.29 is 23.2 Å². The van der Waals surface area contributed by atoms with Crippen molar-refractivity contribution in [1.82, 2.24) is 0 Å². The van der Waals surface area contributed by atoms with Gasteiger partial charge in [0.05, 0.1) is 5.75 Å². The van der Waals surface area contributed by atoms with Crippen molar-refractivity contribution >= 4 is 22.4 Å². The Bertz CT molecular complexity index is 440. The molecule has 0 amide bonds. The van der Waals surface area contributed by atoms with Gasteiger partial charge in [0, 0.05) is 5.75 Å². The number of hydrogen-bond donors (Lipinski definition) is 2. The van der Waals surface area contributed by atoms with E-state index in [0.717, 1.165) is 0 Å². The molecule has 94 valence electrons. The first-order valence-electron chi connectivity index (χ1n) is 5.24. The first-order chi connectivity index (χ1) is 7.94. The number of hydrogen-bond acceptors (Lipinski definition) is 5. The molecule has 0 saturated carbocycles. The predicted octanol–water partition coefficient (Wildman–Crippen LogP) is -0.820. The molecule has 0 bridgehead atoms. The third kappa shape index (κ3) is 4.76. The van der Waals surface area contributed by atoms with Crippen LogP contribution in [0, 0.1) is 0 Å². The van der Waals surface area contributed by atoms with Gasteiger partial charge in [0.25, 0.3) is 0 Å². The smallest absolute Gasteiger partial charge is 0.488 e. The molecule has 2 N–H and O–H groups in total. The van der Waals surface area contributed by atoms with Crippen molar-refractivity contribution in [3.05, 3.63) is 24.3 Å². The highest BCUT2D eigenvalue weighted by Gasteiger charge is 2.10. The molecule has 0 unspecified atom stereocenters. The maximum absolute atomic E-state index is 11.2. The quantitative estimate of drug-likeness (QED) is 0.651. The lowest BCUT2D eigenvalue weighted by atomic mass is 9.80. The van der Waals surface area contributed by atoms with Gasteiger partial charge in [0.2, 0.25) is 0 Å². The Morgan fingerprint density at radius 3 is 2.29 bits per heavy atom. The van der Waals surface area contributed by atoms with E-state index in [0.29, 0.717) is 11.2 Å². The first-order valence-corrected chi connectivity index (χ1v) is 7.06. The van der Waals surface area contributed by atoms with Crippen molar-refractivity contribution in [3.8, 4) is 5.75 Å². The van der Waals surface area contributed by atoms with Gasteiger partial charge in [-0.15, -0.1) is 0 Å². The van der Waals surface area contributed by atoms with Crippen LogP contribution in [0.3, 0.4) is 0 Å². The zero-order chi connectivity index (χ0) is 12.9. The molecule has 0 aliphatic heterocycles. The van der Waals surface area contributed by atoms with Crippen LogP contribution < -0.4 is 10.2 Å². The molecule has 0 heterocycles. The molecule has 1 rings (SSSR count). The lowest BCUT2D eigenvalue weighted by Crippen LogP contribution is -2.29. The Kier molecular flexibility index (Phi) is 4.98. The number of rotatable bonds is 6. The lowest BCUT2D eigenvalue weighted by molar-refractivity contribution is 0.341. The topological polar surface area (TPSA) is 83.8 Å². The maximum Gasteiger partial charge on any atom is 0.488 e. The molecule has 17 heavy (non-hydrogen) atoms. The third-order valence-electron chi connectivity index (χ3n) is 2.28. The Labute approximate surface area is 101 Å². The zero-order valence-corrected chi connectivity index (χ0v) is 10.4. The van der Waals surface area contributed by atoms with Gasteiger partial charge in [-0.25, -0.2) is 8.42 Å². The van der Waals surface area contributed by atoms with Crippen molar-refractivity contribution in [2.24, 2.45) is 0 Å². The minimum atomic E-state index is -3.02.